The molecule has 0 saturated carbocycles. The van der Waals surface area contributed by atoms with E-state index in [0.29, 0.717) is 18.4 Å². The van der Waals surface area contributed by atoms with Crippen molar-refractivity contribution in [1.82, 2.24) is 16.0 Å². The summed E-state index contributed by atoms with van der Waals surface area (Å²) in [5.41, 5.74) is 1.51. The Morgan fingerprint density at radius 1 is 0.769 bits per heavy atom. The van der Waals surface area contributed by atoms with Crippen LogP contribution in [0, 0.1) is 0 Å². The van der Waals surface area contributed by atoms with Crippen molar-refractivity contribution in [3.63, 3.8) is 0 Å². The molecule has 0 saturated heterocycles. The first-order chi connectivity index (χ1) is 18.5. The maximum atomic E-state index is 12.7. The van der Waals surface area contributed by atoms with Gasteiger partial charge in [-0.2, -0.15) is 8.42 Å². The number of unbranched alkanes of at least 4 members (excludes halogenated alkanes) is 1. The van der Waals surface area contributed by atoms with E-state index < -0.39 is 52.0 Å². The largest absolute Gasteiger partial charge is 0.480 e. The van der Waals surface area contributed by atoms with E-state index in [4.69, 9.17) is 14.0 Å². The van der Waals surface area contributed by atoms with Gasteiger partial charge in [-0.15, -0.1) is 0 Å². The highest BCUT2D eigenvalue weighted by molar-refractivity contribution is 7.85. The topological polar surface area (TPSA) is 197 Å². The maximum Gasteiger partial charge on any atom is 0.408 e. The van der Waals surface area contributed by atoms with Crippen molar-refractivity contribution in [3.8, 4) is 0 Å². The first-order valence-corrected chi connectivity index (χ1v) is 13.5. The first kappa shape index (κ1) is 31.1. The number of rotatable bonds is 15. The number of hydrogen-bond acceptors (Lipinski definition) is 8. The van der Waals surface area contributed by atoms with Gasteiger partial charge in [0.05, 0.1) is 0 Å². The third-order valence-corrected chi connectivity index (χ3v) is 5.97. The molecule has 0 aliphatic heterocycles. The van der Waals surface area contributed by atoms with Crippen LogP contribution < -0.4 is 16.0 Å². The van der Waals surface area contributed by atoms with Crippen molar-refractivity contribution in [1.29, 1.82) is 0 Å². The molecule has 0 spiro atoms. The molecule has 14 heteroatoms. The molecule has 0 aromatic heterocycles. The average molecular weight is 566 g/mol. The molecule has 39 heavy (non-hydrogen) atoms. The standard InChI is InChI=1S/C25H31N3O10S/c29-22(27-21(23(30)31)17-39(34,35)36)20(28-25(33)38-16-19-11-5-2-6-12-19)13-7-8-14-26-24(32)37-15-18-9-3-1-4-10-18/h1-6,9-12,20-21H,7-8,13-17H2,(H,26,32)(H,27,29)(H,28,33)(H,30,31)(H,34,35,36). The lowest BCUT2D eigenvalue weighted by Gasteiger charge is -2.21. The van der Waals surface area contributed by atoms with Crippen molar-refractivity contribution in [2.24, 2.45) is 0 Å². The Morgan fingerprint density at radius 3 is 1.82 bits per heavy atom. The molecule has 13 nitrogen and oxygen atoms in total. The summed E-state index contributed by atoms with van der Waals surface area (Å²) < 4.78 is 41.5. The van der Waals surface area contributed by atoms with Gasteiger partial charge in [-0.05, 0) is 30.4 Å². The third kappa shape index (κ3) is 13.3. The fourth-order valence-electron chi connectivity index (χ4n) is 3.27. The Labute approximate surface area is 225 Å². The Morgan fingerprint density at radius 2 is 1.31 bits per heavy atom. The number of ether oxygens (including phenoxy) is 2. The van der Waals surface area contributed by atoms with E-state index in [-0.39, 0.29) is 26.2 Å². The Kier molecular flexibility index (Phi) is 12.7. The lowest BCUT2D eigenvalue weighted by Crippen LogP contribution is -2.53. The van der Waals surface area contributed by atoms with E-state index in [2.05, 4.69) is 10.6 Å². The van der Waals surface area contributed by atoms with E-state index in [1.54, 1.807) is 42.5 Å². The molecular formula is C25H31N3O10S. The molecule has 212 valence electrons. The lowest BCUT2D eigenvalue weighted by molar-refractivity contribution is -0.141. The Balaban J connectivity index is 1.88. The minimum absolute atomic E-state index is 0.00519. The van der Waals surface area contributed by atoms with E-state index in [0.717, 1.165) is 5.56 Å². The smallest absolute Gasteiger partial charge is 0.408 e. The number of nitrogens with one attached hydrogen (secondary N) is 3. The van der Waals surface area contributed by atoms with Crippen molar-refractivity contribution in [2.45, 2.75) is 44.6 Å². The Hall–Kier alpha value is -4.17. The van der Waals surface area contributed by atoms with Gasteiger partial charge >= 0.3 is 18.2 Å². The number of hydrogen-bond donors (Lipinski definition) is 5. The molecule has 2 unspecified atom stereocenters. The van der Waals surface area contributed by atoms with Crippen LogP contribution in [-0.4, -0.2) is 66.5 Å². The molecule has 2 rings (SSSR count). The van der Waals surface area contributed by atoms with Crippen LogP contribution in [0.1, 0.15) is 30.4 Å². The van der Waals surface area contributed by atoms with Crippen LogP contribution >= 0.6 is 0 Å². The lowest BCUT2D eigenvalue weighted by atomic mass is 10.1. The van der Waals surface area contributed by atoms with Gasteiger partial charge in [-0.1, -0.05) is 60.7 Å². The fraction of sp³-hybridized carbons (Fsp3) is 0.360. The molecule has 2 aromatic rings. The average Bonchev–Trinajstić information content (AvgIpc) is 2.89. The van der Waals surface area contributed by atoms with Gasteiger partial charge < -0.3 is 30.5 Å². The molecule has 0 fully saturated rings. The van der Waals surface area contributed by atoms with Gasteiger partial charge in [0.1, 0.15) is 31.1 Å². The van der Waals surface area contributed by atoms with E-state index in [1.165, 1.54) is 0 Å². The molecule has 0 aliphatic carbocycles. The van der Waals surface area contributed by atoms with Crippen molar-refractivity contribution < 1.29 is 46.7 Å². The summed E-state index contributed by atoms with van der Waals surface area (Å²) >= 11 is 0. The van der Waals surface area contributed by atoms with Crippen LogP contribution in [0.3, 0.4) is 0 Å². The minimum Gasteiger partial charge on any atom is -0.480 e. The summed E-state index contributed by atoms with van der Waals surface area (Å²) in [5, 5.41) is 16.1. The SMILES string of the molecule is O=C(NCCCCC(NC(=O)OCc1ccccc1)C(=O)NC(CS(=O)(=O)O)C(=O)O)OCc1ccccc1. The highest BCUT2D eigenvalue weighted by Gasteiger charge is 2.29. The molecule has 0 aliphatic rings. The normalized spacial score (nSPS) is 12.4. The second kappa shape index (κ2) is 15.9. The van der Waals surface area contributed by atoms with Crippen LogP contribution in [0.15, 0.2) is 60.7 Å². The highest BCUT2D eigenvalue weighted by Crippen LogP contribution is 2.06. The van der Waals surface area contributed by atoms with Gasteiger partial charge in [0, 0.05) is 6.54 Å². The van der Waals surface area contributed by atoms with Gasteiger partial charge in [-0.25, -0.2) is 14.4 Å². The summed E-state index contributed by atoms with van der Waals surface area (Å²) in [6.07, 6.45) is -0.913. The van der Waals surface area contributed by atoms with Crippen LogP contribution in [0.2, 0.25) is 0 Å². The number of carboxylic acid groups (broad SMARTS) is 1. The molecule has 3 amide bonds. The summed E-state index contributed by atoms with van der Waals surface area (Å²) in [5.74, 6) is -3.93. The van der Waals surface area contributed by atoms with Gasteiger partial charge in [-0.3, -0.25) is 9.35 Å². The summed E-state index contributed by atoms with van der Waals surface area (Å²) in [6.45, 7) is 0.204. The summed E-state index contributed by atoms with van der Waals surface area (Å²) in [6, 6.07) is 14.6. The van der Waals surface area contributed by atoms with E-state index >= 15 is 0 Å². The molecular weight excluding hydrogens is 534 g/mol. The molecule has 2 aromatic carbocycles. The van der Waals surface area contributed by atoms with E-state index in [1.807, 2.05) is 23.5 Å². The number of carbonyl (C=O) groups is 4. The fourth-order valence-corrected chi connectivity index (χ4v) is 3.92. The van der Waals surface area contributed by atoms with Crippen LogP contribution in [0.25, 0.3) is 0 Å². The predicted octanol–water partition coefficient (Wildman–Crippen LogP) is 1.84. The number of carboxylic acids is 1. The summed E-state index contributed by atoms with van der Waals surface area (Å²) in [7, 11) is -4.72. The van der Waals surface area contributed by atoms with E-state index in [9.17, 15) is 32.7 Å². The van der Waals surface area contributed by atoms with Crippen molar-refractivity contribution in [3.05, 3.63) is 71.8 Å². The quantitative estimate of drug-likeness (QED) is 0.157. The number of amides is 3. The van der Waals surface area contributed by atoms with Gasteiger partial charge in [0.15, 0.2) is 0 Å². The molecule has 0 heterocycles. The molecule has 0 radical (unpaired) electrons. The minimum atomic E-state index is -4.72. The Bertz CT molecular complexity index is 1190. The van der Waals surface area contributed by atoms with Crippen LogP contribution in [0.5, 0.6) is 0 Å². The zero-order valence-electron chi connectivity index (χ0n) is 20.9. The number of aliphatic carboxylic acids is 1. The zero-order chi connectivity index (χ0) is 28.7. The number of carbonyl (C=O) groups excluding carboxylic acids is 3. The van der Waals surface area contributed by atoms with Gasteiger partial charge in [0.2, 0.25) is 5.91 Å². The highest BCUT2D eigenvalue weighted by atomic mass is 32.2. The zero-order valence-corrected chi connectivity index (χ0v) is 21.8. The molecule has 5 N–H and O–H groups in total. The second-order valence-corrected chi connectivity index (χ2v) is 9.89. The predicted molar refractivity (Wildman–Crippen MR) is 138 cm³/mol. The number of alkyl carbamates (subject to hydrolysis) is 2. The summed E-state index contributed by atoms with van der Waals surface area (Å²) in [4.78, 5) is 48.3. The monoisotopic (exact) mass is 565 g/mol. The molecule has 0 bridgehead atoms. The van der Waals surface area contributed by atoms with Crippen LogP contribution in [0.4, 0.5) is 9.59 Å². The molecule has 2 atom stereocenters. The van der Waals surface area contributed by atoms with Crippen molar-refractivity contribution >= 4 is 34.2 Å². The van der Waals surface area contributed by atoms with Crippen LogP contribution in [-0.2, 0) is 42.4 Å². The van der Waals surface area contributed by atoms with Crippen molar-refractivity contribution in [2.75, 3.05) is 12.3 Å². The number of benzene rings is 2. The van der Waals surface area contributed by atoms with Gasteiger partial charge in [0.25, 0.3) is 10.1 Å². The first-order valence-electron chi connectivity index (χ1n) is 11.9. The second-order valence-electron chi connectivity index (χ2n) is 8.39. The third-order valence-electron chi connectivity index (χ3n) is 5.21. The maximum absolute atomic E-state index is 12.7.